The molecule has 0 heterocycles. The highest BCUT2D eigenvalue weighted by Crippen LogP contribution is 2.18. The zero-order chi connectivity index (χ0) is 13.2. The van der Waals surface area contributed by atoms with Crippen molar-refractivity contribution in [3.63, 3.8) is 0 Å². The molecular weight excluding hydrogens is 228 g/mol. The van der Waals surface area contributed by atoms with Gasteiger partial charge in [-0.3, -0.25) is 0 Å². The number of carbonyl (C=O) groups excluding carboxylic acids is 1. The maximum Gasteiger partial charge on any atom is 0.338 e. The van der Waals surface area contributed by atoms with Crippen LogP contribution in [0.3, 0.4) is 0 Å². The number of esters is 1. The highest BCUT2D eigenvalue weighted by atomic mass is 16.5. The number of rotatable bonds is 3. The van der Waals surface area contributed by atoms with Crippen molar-refractivity contribution in [2.24, 2.45) is 0 Å². The molecule has 1 aromatic carbocycles. The summed E-state index contributed by atoms with van der Waals surface area (Å²) in [6.45, 7) is 1.42. The van der Waals surface area contributed by atoms with Crippen LogP contribution in [0, 0.1) is 6.92 Å². The molecule has 0 amide bonds. The van der Waals surface area contributed by atoms with Gasteiger partial charge in [-0.1, -0.05) is 0 Å². The van der Waals surface area contributed by atoms with Crippen LogP contribution >= 0.6 is 0 Å². The molecule has 1 rings (SSSR count). The number of carboxylic acid groups (broad SMARTS) is 2. The SMILES string of the molecule is COC(=O)c1cc(C(=O)O)cc(C(=O)O)c1C. The molecule has 0 aliphatic rings. The fourth-order valence-corrected chi connectivity index (χ4v) is 1.38. The normalized spacial score (nSPS) is 9.76. The van der Waals surface area contributed by atoms with Gasteiger partial charge in [0.15, 0.2) is 0 Å². The van der Waals surface area contributed by atoms with Gasteiger partial charge in [-0.15, -0.1) is 0 Å². The second kappa shape index (κ2) is 4.65. The summed E-state index contributed by atoms with van der Waals surface area (Å²) >= 11 is 0. The first-order valence-electron chi connectivity index (χ1n) is 4.58. The average molecular weight is 238 g/mol. The summed E-state index contributed by atoms with van der Waals surface area (Å²) in [6.07, 6.45) is 0. The second-order valence-corrected chi connectivity index (χ2v) is 3.30. The van der Waals surface area contributed by atoms with Crippen molar-refractivity contribution < 1.29 is 29.3 Å². The van der Waals surface area contributed by atoms with E-state index in [2.05, 4.69) is 4.74 Å². The Hall–Kier alpha value is -2.37. The zero-order valence-electron chi connectivity index (χ0n) is 9.18. The standard InChI is InChI=1S/C11H10O6/c1-5-7(10(14)15)3-6(9(12)13)4-8(5)11(16)17-2/h3-4H,1-2H3,(H,12,13)(H,14,15). The fourth-order valence-electron chi connectivity index (χ4n) is 1.38. The van der Waals surface area contributed by atoms with Crippen LogP contribution in [0.1, 0.15) is 36.6 Å². The van der Waals surface area contributed by atoms with Gasteiger partial charge in [-0.05, 0) is 24.6 Å². The summed E-state index contributed by atoms with van der Waals surface area (Å²) < 4.78 is 4.46. The highest BCUT2D eigenvalue weighted by Gasteiger charge is 2.20. The van der Waals surface area contributed by atoms with Crippen LogP contribution in [0.5, 0.6) is 0 Å². The Labute approximate surface area is 96.4 Å². The molecule has 0 fully saturated rings. The number of benzene rings is 1. The minimum Gasteiger partial charge on any atom is -0.478 e. The van der Waals surface area contributed by atoms with Gasteiger partial charge in [-0.25, -0.2) is 14.4 Å². The minimum atomic E-state index is -1.31. The molecule has 0 spiro atoms. The summed E-state index contributed by atoms with van der Waals surface area (Å²) in [4.78, 5) is 33.1. The lowest BCUT2D eigenvalue weighted by molar-refractivity contribution is 0.0600. The Kier molecular flexibility index (Phi) is 3.47. The van der Waals surface area contributed by atoms with Gasteiger partial charge in [0, 0.05) is 0 Å². The predicted molar refractivity (Wildman–Crippen MR) is 56.4 cm³/mol. The van der Waals surface area contributed by atoms with E-state index < -0.39 is 17.9 Å². The molecule has 0 saturated heterocycles. The molecule has 0 radical (unpaired) electrons. The lowest BCUT2D eigenvalue weighted by Gasteiger charge is -2.08. The molecule has 2 N–H and O–H groups in total. The van der Waals surface area contributed by atoms with Crippen molar-refractivity contribution in [1.82, 2.24) is 0 Å². The third-order valence-electron chi connectivity index (χ3n) is 2.29. The van der Waals surface area contributed by atoms with Gasteiger partial charge in [-0.2, -0.15) is 0 Å². The maximum atomic E-state index is 11.4. The van der Waals surface area contributed by atoms with E-state index >= 15 is 0 Å². The van der Waals surface area contributed by atoms with Crippen LogP contribution in [0.4, 0.5) is 0 Å². The van der Waals surface area contributed by atoms with Crippen LogP contribution < -0.4 is 0 Å². The van der Waals surface area contributed by atoms with E-state index in [0.717, 1.165) is 19.2 Å². The van der Waals surface area contributed by atoms with Gasteiger partial charge in [0.25, 0.3) is 0 Å². The number of carbonyl (C=O) groups is 3. The summed E-state index contributed by atoms with van der Waals surface area (Å²) in [5, 5.41) is 17.7. The van der Waals surface area contributed by atoms with Crippen molar-refractivity contribution in [1.29, 1.82) is 0 Å². The number of ether oxygens (including phenoxy) is 1. The smallest absolute Gasteiger partial charge is 0.338 e. The lowest BCUT2D eigenvalue weighted by Crippen LogP contribution is -2.12. The molecule has 0 aromatic heterocycles. The summed E-state index contributed by atoms with van der Waals surface area (Å²) in [5.41, 5.74) is -0.391. The molecule has 0 atom stereocenters. The molecule has 6 heteroatoms. The Bertz CT molecular complexity index is 503. The quantitative estimate of drug-likeness (QED) is 0.766. The average Bonchev–Trinajstić information content (AvgIpc) is 2.27. The number of carboxylic acids is 2. The molecule has 1 aromatic rings. The Morgan fingerprint density at radius 1 is 1.06 bits per heavy atom. The minimum absolute atomic E-state index is 0.0650. The Morgan fingerprint density at radius 2 is 1.59 bits per heavy atom. The van der Waals surface area contributed by atoms with Crippen LogP contribution in [-0.2, 0) is 4.74 Å². The molecule has 0 aliphatic heterocycles. The second-order valence-electron chi connectivity index (χ2n) is 3.30. The van der Waals surface area contributed by atoms with E-state index in [-0.39, 0.29) is 22.3 Å². The number of hydrogen-bond acceptors (Lipinski definition) is 4. The lowest BCUT2D eigenvalue weighted by atomic mass is 9.98. The maximum absolute atomic E-state index is 11.4. The first-order chi connectivity index (χ1) is 7.88. The highest BCUT2D eigenvalue weighted by molar-refractivity contribution is 6.01. The van der Waals surface area contributed by atoms with Crippen molar-refractivity contribution in [3.05, 3.63) is 34.4 Å². The Morgan fingerprint density at radius 3 is 2.00 bits per heavy atom. The number of aromatic carboxylic acids is 2. The summed E-state index contributed by atoms with van der Waals surface area (Å²) in [7, 11) is 1.13. The molecule has 17 heavy (non-hydrogen) atoms. The molecule has 0 unspecified atom stereocenters. The monoisotopic (exact) mass is 238 g/mol. The van der Waals surface area contributed by atoms with Gasteiger partial charge < -0.3 is 14.9 Å². The van der Waals surface area contributed by atoms with Crippen molar-refractivity contribution >= 4 is 17.9 Å². The van der Waals surface area contributed by atoms with Crippen LogP contribution in [-0.4, -0.2) is 35.2 Å². The fraction of sp³-hybridized carbons (Fsp3) is 0.182. The predicted octanol–water partition coefficient (Wildman–Crippen LogP) is 1.18. The summed E-state index contributed by atoms with van der Waals surface area (Å²) in [5.74, 6) is -3.37. The van der Waals surface area contributed by atoms with Gasteiger partial charge in [0.05, 0.1) is 23.8 Å². The summed E-state index contributed by atoms with van der Waals surface area (Å²) in [6, 6.07) is 2.10. The molecule has 90 valence electrons. The van der Waals surface area contributed by atoms with E-state index in [9.17, 15) is 14.4 Å². The molecule has 6 nitrogen and oxygen atoms in total. The zero-order valence-corrected chi connectivity index (χ0v) is 9.18. The first-order valence-corrected chi connectivity index (χ1v) is 4.58. The van der Waals surface area contributed by atoms with E-state index in [1.165, 1.54) is 6.92 Å². The molecule has 0 aliphatic carbocycles. The Balaban J connectivity index is 3.54. The number of methoxy groups -OCH3 is 1. The van der Waals surface area contributed by atoms with Crippen molar-refractivity contribution in [3.8, 4) is 0 Å². The van der Waals surface area contributed by atoms with E-state index in [1.54, 1.807) is 0 Å². The van der Waals surface area contributed by atoms with E-state index in [4.69, 9.17) is 10.2 Å². The largest absolute Gasteiger partial charge is 0.478 e. The molecule has 0 bridgehead atoms. The van der Waals surface area contributed by atoms with Crippen LogP contribution in [0.25, 0.3) is 0 Å². The van der Waals surface area contributed by atoms with Gasteiger partial charge >= 0.3 is 17.9 Å². The number of hydrogen-bond donors (Lipinski definition) is 2. The van der Waals surface area contributed by atoms with Crippen LogP contribution in [0.2, 0.25) is 0 Å². The third kappa shape index (κ3) is 2.41. The first kappa shape index (κ1) is 12.7. The van der Waals surface area contributed by atoms with Gasteiger partial charge in [0.1, 0.15) is 0 Å². The molecule has 0 saturated carbocycles. The topological polar surface area (TPSA) is 101 Å². The van der Waals surface area contributed by atoms with Gasteiger partial charge in [0.2, 0.25) is 0 Å². The van der Waals surface area contributed by atoms with E-state index in [0.29, 0.717) is 0 Å². The third-order valence-corrected chi connectivity index (χ3v) is 2.29. The van der Waals surface area contributed by atoms with E-state index in [1.807, 2.05) is 0 Å². The van der Waals surface area contributed by atoms with Crippen molar-refractivity contribution in [2.45, 2.75) is 6.92 Å². The molecular formula is C11H10O6. The van der Waals surface area contributed by atoms with Crippen molar-refractivity contribution in [2.75, 3.05) is 7.11 Å². The van der Waals surface area contributed by atoms with Crippen LogP contribution in [0.15, 0.2) is 12.1 Å².